The van der Waals surface area contributed by atoms with Gasteiger partial charge in [0.25, 0.3) is 0 Å². The molecule has 0 atom stereocenters. The lowest BCUT2D eigenvalue weighted by atomic mass is 10.3. The number of ether oxygens (including phenoxy) is 1. The largest absolute Gasteiger partial charge is 0.469 e. The van der Waals surface area contributed by atoms with E-state index in [0.29, 0.717) is 6.42 Å². The Kier molecular flexibility index (Phi) is 8.22. The van der Waals surface area contributed by atoms with E-state index in [4.69, 9.17) is 4.74 Å². The summed E-state index contributed by atoms with van der Waals surface area (Å²) in [6.45, 7) is 0. The molecule has 0 aliphatic carbocycles. The van der Waals surface area contributed by atoms with Crippen molar-refractivity contribution in [3.05, 3.63) is 91.0 Å². The number of halogens is 1. The number of hydrogen-bond acceptors (Lipinski definition) is 2. The van der Waals surface area contributed by atoms with Crippen molar-refractivity contribution in [3.8, 4) is 0 Å². The molecule has 0 aliphatic heterocycles. The topological polar surface area (TPSA) is 26.3 Å². The van der Waals surface area contributed by atoms with Gasteiger partial charge < -0.3 is 4.74 Å². The van der Waals surface area contributed by atoms with Crippen LogP contribution in [0.3, 0.4) is 0 Å². The smallest absolute Gasteiger partial charge is 0.305 e. The van der Waals surface area contributed by atoms with E-state index >= 15 is 0 Å². The molecule has 0 N–H and O–H groups in total. The van der Waals surface area contributed by atoms with Crippen LogP contribution in [-0.2, 0) is 9.53 Å². The van der Waals surface area contributed by atoms with Gasteiger partial charge in [-0.3, -0.25) is 4.79 Å². The summed E-state index contributed by atoms with van der Waals surface area (Å²) in [5, 5.41) is 4.05. The molecule has 0 saturated carbocycles. The maximum absolute atomic E-state index is 11.7. The van der Waals surface area contributed by atoms with E-state index in [1.165, 1.54) is 23.0 Å². The summed E-state index contributed by atoms with van der Waals surface area (Å²) in [6.07, 6.45) is 2.20. The van der Waals surface area contributed by atoms with Crippen LogP contribution < -0.4 is 15.9 Å². The van der Waals surface area contributed by atoms with Crippen LogP contribution >= 0.6 is 24.2 Å². The molecule has 4 heteroatoms. The van der Waals surface area contributed by atoms with Gasteiger partial charge >= 0.3 is 5.97 Å². The van der Waals surface area contributed by atoms with Crippen LogP contribution in [0.25, 0.3) is 0 Å². The third kappa shape index (κ3) is 4.86. The molecule has 0 spiro atoms. The third-order valence-electron chi connectivity index (χ3n) is 4.69. The summed E-state index contributed by atoms with van der Waals surface area (Å²) < 4.78 is 4.86. The number of benzene rings is 3. The fourth-order valence-corrected chi connectivity index (χ4v) is 7.79. The highest BCUT2D eigenvalue weighted by molar-refractivity contribution is 8.93. The van der Waals surface area contributed by atoms with Crippen molar-refractivity contribution in [2.24, 2.45) is 0 Å². The number of hydrogen-bond donors (Lipinski definition) is 0. The Labute approximate surface area is 172 Å². The SMILES string of the molecule is Br.COC(=O)CCC[P+](c1ccccc1)(c1ccccc1)c1ccccc1. The summed E-state index contributed by atoms with van der Waals surface area (Å²) >= 11 is 0. The molecule has 2 nitrogen and oxygen atoms in total. The molecule has 0 aliphatic rings. The van der Waals surface area contributed by atoms with Crippen LogP contribution in [0.4, 0.5) is 0 Å². The zero-order valence-corrected chi connectivity index (χ0v) is 18.1. The highest BCUT2D eigenvalue weighted by Crippen LogP contribution is 2.55. The first-order valence-electron chi connectivity index (χ1n) is 8.89. The monoisotopic (exact) mass is 443 g/mol. The molecule has 0 unspecified atom stereocenters. The fourth-order valence-electron chi connectivity index (χ4n) is 3.44. The van der Waals surface area contributed by atoms with E-state index in [-0.39, 0.29) is 23.0 Å². The molecule has 27 heavy (non-hydrogen) atoms. The van der Waals surface area contributed by atoms with Crippen molar-refractivity contribution in [2.45, 2.75) is 12.8 Å². The highest BCUT2D eigenvalue weighted by Gasteiger charge is 2.44. The van der Waals surface area contributed by atoms with Crippen LogP contribution in [0.1, 0.15) is 12.8 Å². The van der Waals surface area contributed by atoms with Gasteiger partial charge in [0.2, 0.25) is 0 Å². The van der Waals surface area contributed by atoms with E-state index in [1.807, 2.05) is 0 Å². The second-order valence-electron chi connectivity index (χ2n) is 6.22. The van der Waals surface area contributed by atoms with Gasteiger partial charge in [-0.25, -0.2) is 0 Å². The van der Waals surface area contributed by atoms with Crippen molar-refractivity contribution < 1.29 is 9.53 Å². The molecule has 140 valence electrons. The van der Waals surface area contributed by atoms with Crippen molar-refractivity contribution in [1.82, 2.24) is 0 Å². The lowest BCUT2D eigenvalue weighted by molar-refractivity contribution is -0.140. The number of carbonyl (C=O) groups is 1. The second-order valence-corrected chi connectivity index (χ2v) is 9.84. The Morgan fingerprint density at radius 1 is 0.741 bits per heavy atom. The van der Waals surface area contributed by atoms with Crippen molar-refractivity contribution >= 4 is 46.1 Å². The van der Waals surface area contributed by atoms with Crippen LogP contribution in [0, 0.1) is 0 Å². The lowest BCUT2D eigenvalue weighted by Crippen LogP contribution is -2.33. The van der Waals surface area contributed by atoms with Gasteiger partial charge in [-0.05, 0) is 42.8 Å². The number of methoxy groups -OCH3 is 1. The Morgan fingerprint density at radius 3 is 1.44 bits per heavy atom. The summed E-state index contributed by atoms with van der Waals surface area (Å²) in [6, 6.07) is 32.2. The fraction of sp³-hybridized carbons (Fsp3) is 0.174. The Balaban J connectivity index is 0.00000261. The summed E-state index contributed by atoms with van der Waals surface area (Å²) in [4.78, 5) is 11.7. The highest BCUT2D eigenvalue weighted by atomic mass is 79.9. The van der Waals surface area contributed by atoms with Gasteiger partial charge in [0.1, 0.15) is 23.2 Å². The molecule has 0 amide bonds. The first-order chi connectivity index (χ1) is 12.8. The van der Waals surface area contributed by atoms with E-state index in [9.17, 15) is 4.79 Å². The Bertz CT molecular complexity index is 726. The lowest BCUT2D eigenvalue weighted by Gasteiger charge is -2.27. The van der Waals surface area contributed by atoms with Crippen LogP contribution in [0.5, 0.6) is 0 Å². The first-order valence-corrected chi connectivity index (χ1v) is 10.9. The van der Waals surface area contributed by atoms with Crippen LogP contribution in [0.2, 0.25) is 0 Å². The van der Waals surface area contributed by atoms with E-state index in [2.05, 4.69) is 91.0 Å². The zero-order valence-electron chi connectivity index (χ0n) is 15.5. The van der Waals surface area contributed by atoms with E-state index in [0.717, 1.165) is 12.6 Å². The molecular formula is C23H25BrO2P+. The van der Waals surface area contributed by atoms with E-state index < -0.39 is 7.26 Å². The maximum Gasteiger partial charge on any atom is 0.305 e. The average Bonchev–Trinajstić information content (AvgIpc) is 2.73. The Morgan fingerprint density at radius 2 is 1.11 bits per heavy atom. The molecule has 0 saturated heterocycles. The van der Waals surface area contributed by atoms with Crippen LogP contribution in [-0.4, -0.2) is 19.2 Å². The first kappa shape index (κ1) is 21.3. The Hall–Kier alpha value is -1.96. The van der Waals surface area contributed by atoms with Gasteiger partial charge in [0, 0.05) is 6.42 Å². The molecule has 3 aromatic carbocycles. The molecule has 0 aromatic heterocycles. The van der Waals surface area contributed by atoms with Crippen LogP contribution in [0.15, 0.2) is 91.0 Å². The van der Waals surface area contributed by atoms with E-state index in [1.54, 1.807) is 0 Å². The predicted octanol–water partition coefficient (Wildman–Crippen LogP) is 4.51. The third-order valence-corrected chi connectivity index (χ3v) is 9.22. The quantitative estimate of drug-likeness (QED) is 0.396. The molecule has 0 bridgehead atoms. The standard InChI is InChI=1S/C23H24O2P.BrH/c1-25-23(24)18-11-19-26(20-12-5-2-6-13-20,21-14-7-3-8-15-21)22-16-9-4-10-17-22;/h2-10,12-17H,11,18-19H2,1H3;1H/q+1;. The van der Waals surface area contributed by atoms with Gasteiger partial charge in [-0.2, -0.15) is 0 Å². The normalized spacial score (nSPS) is 10.7. The molecule has 0 heterocycles. The zero-order chi connectivity index (χ0) is 18.2. The van der Waals surface area contributed by atoms with Crippen molar-refractivity contribution in [2.75, 3.05) is 13.3 Å². The number of rotatable bonds is 7. The minimum Gasteiger partial charge on any atom is -0.469 e. The summed E-state index contributed by atoms with van der Waals surface area (Å²) in [5.74, 6) is -0.141. The van der Waals surface area contributed by atoms with Gasteiger partial charge in [0.15, 0.2) is 0 Å². The van der Waals surface area contributed by atoms with Gasteiger partial charge in [0.05, 0.1) is 13.3 Å². The molecule has 3 aromatic rings. The predicted molar refractivity (Wildman–Crippen MR) is 122 cm³/mol. The molecule has 3 rings (SSSR count). The minimum absolute atomic E-state index is 0. The minimum atomic E-state index is -1.83. The van der Waals surface area contributed by atoms with Gasteiger partial charge in [-0.15, -0.1) is 17.0 Å². The summed E-state index contributed by atoms with van der Waals surface area (Å²) in [7, 11) is -0.373. The molecule has 0 radical (unpaired) electrons. The maximum atomic E-state index is 11.7. The number of carbonyl (C=O) groups excluding carboxylic acids is 1. The van der Waals surface area contributed by atoms with Crippen molar-refractivity contribution in [3.63, 3.8) is 0 Å². The molecular weight excluding hydrogens is 419 g/mol. The summed E-state index contributed by atoms with van der Waals surface area (Å²) in [5.41, 5.74) is 0. The average molecular weight is 444 g/mol. The van der Waals surface area contributed by atoms with Crippen molar-refractivity contribution in [1.29, 1.82) is 0 Å². The molecule has 0 fully saturated rings. The number of esters is 1. The second kappa shape index (κ2) is 10.4. The van der Waals surface area contributed by atoms with Gasteiger partial charge in [-0.1, -0.05) is 54.6 Å².